The van der Waals surface area contributed by atoms with Gasteiger partial charge < -0.3 is 14.7 Å². The highest BCUT2D eigenvalue weighted by molar-refractivity contribution is 5.88. The third-order valence-electron chi connectivity index (χ3n) is 3.16. The van der Waals surface area contributed by atoms with E-state index in [1.807, 2.05) is 25.2 Å². The molecule has 1 aromatic carbocycles. The molecule has 0 saturated carbocycles. The molecule has 0 spiro atoms. The lowest BCUT2D eigenvalue weighted by Gasteiger charge is -2.28. The van der Waals surface area contributed by atoms with E-state index in [0.717, 1.165) is 23.5 Å². The number of nitrogens with one attached hydrogen (secondary N) is 1. The van der Waals surface area contributed by atoms with Crippen LogP contribution < -0.4 is 9.64 Å². The number of hydrogen-bond donors (Lipinski definition) is 2. The maximum absolute atomic E-state index is 10.9. The molecule has 0 fully saturated rings. The number of aromatic amines is 1. The highest BCUT2D eigenvalue weighted by atomic mass is 16.5. The van der Waals surface area contributed by atoms with Crippen LogP contribution in [0.2, 0.25) is 0 Å². The van der Waals surface area contributed by atoms with Crippen molar-refractivity contribution in [2.24, 2.45) is 0 Å². The number of anilines is 1. The number of fused-ring (bicyclic) bond motifs is 1. The van der Waals surface area contributed by atoms with Crippen molar-refractivity contribution >= 4 is 11.7 Å². The van der Waals surface area contributed by atoms with Gasteiger partial charge in [0.15, 0.2) is 5.75 Å². The van der Waals surface area contributed by atoms with Crippen LogP contribution in [0.15, 0.2) is 24.3 Å². The molecule has 0 amide bonds. The van der Waals surface area contributed by atoms with Gasteiger partial charge in [-0.25, -0.2) is 4.79 Å². The highest BCUT2D eigenvalue weighted by Crippen LogP contribution is 2.39. The molecule has 98 valence electrons. The second-order valence-electron chi connectivity index (χ2n) is 4.40. The van der Waals surface area contributed by atoms with E-state index in [4.69, 9.17) is 9.84 Å². The highest BCUT2D eigenvalue weighted by Gasteiger charge is 2.20. The molecule has 1 aliphatic heterocycles. The van der Waals surface area contributed by atoms with Crippen LogP contribution in [0.3, 0.4) is 0 Å². The second kappa shape index (κ2) is 4.31. The monoisotopic (exact) mass is 259 g/mol. The van der Waals surface area contributed by atoms with Crippen molar-refractivity contribution in [3.63, 3.8) is 0 Å². The van der Waals surface area contributed by atoms with E-state index in [9.17, 15) is 4.79 Å². The average molecular weight is 259 g/mol. The van der Waals surface area contributed by atoms with Crippen molar-refractivity contribution < 1.29 is 14.6 Å². The number of aromatic nitrogens is 2. The molecule has 0 saturated heterocycles. The predicted molar refractivity (Wildman–Crippen MR) is 69.7 cm³/mol. The van der Waals surface area contributed by atoms with Crippen LogP contribution in [0.4, 0.5) is 5.69 Å². The molecule has 2 aromatic rings. The van der Waals surface area contributed by atoms with Crippen molar-refractivity contribution in [2.75, 3.05) is 25.1 Å². The van der Waals surface area contributed by atoms with Crippen molar-refractivity contribution in [3.8, 4) is 17.0 Å². The molecule has 0 aliphatic carbocycles. The van der Waals surface area contributed by atoms with Gasteiger partial charge in [0.05, 0.1) is 17.9 Å². The zero-order valence-electron chi connectivity index (χ0n) is 10.4. The first-order chi connectivity index (χ1) is 9.16. The van der Waals surface area contributed by atoms with Gasteiger partial charge in [-0.2, -0.15) is 5.10 Å². The Bertz CT molecular complexity index is 636. The average Bonchev–Trinajstić information content (AvgIpc) is 2.88. The maximum atomic E-state index is 10.9. The van der Waals surface area contributed by atoms with Crippen molar-refractivity contribution in [1.82, 2.24) is 10.2 Å². The summed E-state index contributed by atoms with van der Waals surface area (Å²) in [6.07, 6.45) is 0. The number of likely N-dealkylation sites (N-methyl/N-ethyl adjacent to an activating group) is 1. The predicted octanol–water partition coefficient (Wildman–Crippen LogP) is 1.60. The smallest absolute Gasteiger partial charge is 0.353 e. The van der Waals surface area contributed by atoms with E-state index in [2.05, 4.69) is 15.1 Å². The van der Waals surface area contributed by atoms with Gasteiger partial charge >= 0.3 is 5.97 Å². The van der Waals surface area contributed by atoms with Crippen LogP contribution in [-0.4, -0.2) is 41.5 Å². The fourth-order valence-corrected chi connectivity index (χ4v) is 2.15. The second-order valence-corrected chi connectivity index (χ2v) is 4.40. The van der Waals surface area contributed by atoms with Gasteiger partial charge in [-0.15, -0.1) is 0 Å². The number of carboxylic acid groups (broad SMARTS) is 1. The molecular weight excluding hydrogens is 246 g/mol. The van der Waals surface area contributed by atoms with Crippen molar-refractivity contribution in [2.45, 2.75) is 0 Å². The first-order valence-corrected chi connectivity index (χ1v) is 5.93. The van der Waals surface area contributed by atoms with Crippen LogP contribution >= 0.6 is 0 Å². The minimum absolute atomic E-state index is 0.0665. The number of para-hydroxylation sites is 1. The van der Waals surface area contributed by atoms with Crippen molar-refractivity contribution in [3.05, 3.63) is 30.0 Å². The van der Waals surface area contributed by atoms with Gasteiger partial charge in [0.2, 0.25) is 0 Å². The van der Waals surface area contributed by atoms with E-state index in [1.165, 1.54) is 6.07 Å². The third kappa shape index (κ3) is 1.91. The summed E-state index contributed by atoms with van der Waals surface area (Å²) >= 11 is 0. The number of carboxylic acids is 1. The van der Waals surface area contributed by atoms with Gasteiger partial charge in [-0.05, 0) is 18.2 Å². The summed E-state index contributed by atoms with van der Waals surface area (Å²) in [7, 11) is 2.00. The minimum Gasteiger partial charge on any atom is -0.489 e. The lowest BCUT2D eigenvalue weighted by molar-refractivity contribution is 0.0690. The molecule has 6 nitrogen and oxygen atoms in total. The lowest BCUT2D eigenvalue weighted by Crippen LogP contribution is -2.28. The van der Waals surface area contributed by atoms with Crippen LogP contribution in [0.5, 0.6) is 5.75 Å². The Kier molecular flexibility index (Phi) is 2.63. The molecule has 3 rings (SSSR count). The summed E-state index contributed by atoms with van der Waals surface area (Å²) in [5.41, 5.74) is 2.43. The fraction of sp³-hybridized carbons (Fsp3) is 0.231. The quantitative estimate of drug-likeness (QED) is 0.856. The fourth-order valence-electron chi connectivity index (χ4n) is 2.15. The lowest BCUT2D eigenvalue weighted by atomic mass is 10.1. The van der Waals surface area contributed by atoms with Gasteiger partial charge in [0.1, 0.15) is 12.3 Å². The zero-order valence-corrected chi connectivity index (χ0v) is 10.4. The van der Waals surface area contributed by atoms with Crippen molar-refractivity contribution in [1.29, 1.82) is 0 Å². The number of nitrogens with zero attached hydrogens (tertiary/aromatic N) is 2. The number of ether oxygens (including phenoxy) is 1. The Morgan fingerprint density at radius 1 is 1.53 bits per heavy atom. The van der Waals surface area contributed by atoms with E-state index in [0.29, 0.717) is 12.3 Å². The number of benzene rings is 1. The number of hydrogen-bond acceptors (Lipinski definition) is 4. The minimum atomic E-state index is -1.03. The van der Waals surface area contributed by atoms with Gasteiger partial charge in [-0.3, -0.25) is 5.10 Å². The number of rotatable bonds is 2. The Morgan fingerprint density at radius 2 is 2.37 bits per heavy atom. The van der Waals surface area contributed by atoms with Crippen LogP contribution in [0, 0.1) is 0 Å². The molecule has 2 N–H and O–H groups in total. The Balaban J connectivity index is 2.09. The molecule has 1 aliphatic rings. The third-order valence-corrected chi connectivity index (χ3v) is 3.16. The largest absolute Gasteiger partial charge is 0.489 e. The number of H-pyrrole nitrogens is 1. The van der Waals surface area contributed by atoms with Crippen LogP contribution in [0.25, 0.3) is 11.3 Å². The maximum Gasteiger partial charge on any atom is 0.353 e. The molecule has 0 atom stereocenters. The Hall–Kier alpha value is -2.50. The van der Waals surface area contributed by atoms with E-state index in [1.54, 1.807) is 0 Å². The van der Waals surface area contributed by atoms with Gasteiger partial charge in [0.25, 0.3) is 0 Å². The van der Waals surface area contributed by atoms with Gasteiger partial charge in [-0.1, -0.05) is 6.07 Å². The first-order valence-electron chi connectivity index (χ1n) is 5.93. The van der Waals surface area contributed by atoms with E-state index < -0.39 is 5.97 Å². The summed E-state index contributed by atoms with van der Waals surface area (Å²) in [5.74, 6) is -0.277. The summed E-state index contributed by atoms with van der Waals surface area (Å²) in [4.78, 5) is 13.0. The Morgan fingerprint density at radius 3 is 3.11 bits per heavy atom. The normalized spacial score (nSPS) is 13.8. The molecule has 1 aromatic heterocycles. The summed E-state index contributed by atoms with van der Waals surface area (Å²) in [6.45, 7) is 1.44. The van der Waals surface area contributed by atoms with E-state index >= 15 is 0 Å². The molecule has 0 radical (unpaired) electrons. The van der Waals surface area contributed by atoms with Crippen LogP contribution in [0.1, 0.15) is 10.5 Å². The van der Waals surface area contributed by atoms with E-state index in [-0.39, 0.29) is 5.69 Å². The Labute approximate surface area is 109 Å². The zero-order chi connectivity index (χ0) is 13.4. The SMILES string of the molecule is CN1CCOc2c(-c3cc(C(=O)O)[nH]n3)cccc21. The topological polar surface area (TPSA) is 78.5 Å². The first kappa shape index (κ1) is 11.6. The molecule has 0 bridgehead atoms. The summed E-state index contributed by atoms with van der Waals surface area (Å²) in [5, 5.41) is 15.5. The summed E-state index contributed by atoms with van der Waals surface area (Å²) in [6, 6.07) is 7.27. The number of aromatic carboxylic acids is 1. The number of carbonyl (C=O) groups is 1. The molecule has 6 heteroatoms. The molecule has 2 heterocycles. The van der Waals surface area contributed by atoms with Gasteiger partial charge in [0, 0.05) is 12.6 Å². The standard InChI is InChI=1S/C13H13N3O3/c1-16-5-6-19-12-8(3-2-4-11(12)16)9-7-10(13(17)18)15-14-9/h2-4,7H,5-6H2,1H3,(H,14,15)(H,17,18). The molecular formula is C13H13N3O3. The summed E-state index contributed by atoms with van der Waals surface area (Å²) < 4.78 is 5.71. The molecule has 0 unspecified atom stereocenters. The molecule has 19 heavy (non-hydrogen) atoms. The van der Waals surface area contributed by atoms with Crippen LogP contribution in [-0.2, 0) is 0 Å².